The van der Waals surface area contributed by atoms with E-state index in [9.17, 15) is 4.79 Å². The normalized spacial score (nSPS) is 23.0. The fourth-order valence-electron chi connectivity index (χ4n) is 4.21. The molecule has 4 rings (SSSR count). The first-order valence-corrected chi connectivity index (χ1v) is 10.1. The van der Waals surface area contributed by atoms with Crippen LogP contribution in [0.1, 0.15) is 51.2 Å². The van der Waals surface area contributed by atoms with Crippen molar-refractivity contribution in [3.63, 3.8) is 0 Å². The van der Waals surface area contributed by atoms with Crippen molar-refractivity contribution < 1.29 is 14.5 Å². The van der Waals surface area contributed by atoms with Gasteiger partial charge in [0.15, 0.2) is 0 Å². The molecule has 0 spiro atoms. The predicted octanol–water partition coefficient (Wildman–Crippen LogP) is 4.95. The Kier molecular flexibility index (Phi) is 4.99. The zero-order valence-electron chi connectivity index (χ0n) is 17.1. The molecule has 0 bridgehead atoms. The SMILES string of the molecule is CC(C)(C)C1=NOC2(C(=O)ON=C(c3ccccc3)c3ccccc3)CCCC12. The van der Waals surface area contributed by atoms with E-state index in [1.165, 1.54) is 0 Å². The Hall–Kier alpha value is -2.95. The molecule has 1 fully saturated rings. The maximum absolute atomic E-state index is 13.2. The summed E-state index contributed by atoms with van der Waals surface area (Å²) in [5.41, 5.74) is 2.10. The van der Waals surface area contributed by atoms with E-state index in [-0.39, 0.29) is 11.3 Å². The zero-order chi connectivity index (χ0) is 20.5. The number of nitrogens with zero attached hydrogens (tertiary/aromatic N) is 2. The van der Waals surface area contributed by atoms with Crippen LogP contribution < -0.4 is 0 Å². The highest BCUT2D eigenvalue weighted by Gasteiger charge is 2.60. The molecule has 0 saturated heterocycles. The molecule has 1 aliphatic heterocycles. The topological polar surface area (TPSA) is 60.2 Å². The second-order valence-corrected chi connectivity index (χ2v) is 8.70. The van der Waals surface area contributed by atoms with Crippen molar-refractivity contribution in [2.75, 3.05) is 0 Å². The summed E-state index contributed by atoms with van der Waals surface area (Å²) in [6.45, 7) is 6.28. The first-order valence-electron chi connectivity index (χ1n) is 10.1. The molecule has 5 nitrogen and oxygen atoms in total. The van der Waals surface area contributed by atoms with E-state index >= 15 is 0 Å². The highest BCUT2D eigenvalue weighted by atomic mass is 16.7. The van der Waals surface area contributed by atoms with Crippen LogP contribution in [0.15, 0.2) is 71.0 Å². The van der Waals surface area contributed by atoms with Gasteiger partial charge < -0.3 is 9.68 Å². The lowest BCUT2D eigenvalue weighted by Gasteiger charge is -2.26. The standard InChI is InChI=1S/C24H26N2O3/c1-23(2,3)21-19-15-10-16-24(19,29-26-21)22(27)28-25-20(17-11-6-4-7-12-17)18-13-8-5-9-14-18/h4-9,11-14,19H,10,15-16H2,1-3H3. The number of carbonyl (C=O) groups excluding carboxylic acids is 1. The van der Waals surface area contributed by atoms with Gasteiger partial charge in [0.05, 0.1) is 11.6 Å². The molecule has 2 aromatic carbocycles. The number of carbonyl (C=O) groups is 1. The van der Waals surface area contributed by atoms with Crippen molar-refractivity contribution in [2.24, 2.45) is 21.6 Å². The Balaban J connectivity index is 1.62. The van der Waals surface area contributed by atoms with Gasteiger partial charge >= 0.3 is 5.97 Å². The maximum atomic E-state index is 13.2. The number of oxime groups is 2. The number of fused-ring (bicyclic) bond motifs is 1. The first kappa shape index (κ1) is 19.4. The van der Waals surface area contributed by atoms with Gasteiger partial charge in [-0.15, -0.1) is 0 Å². The Morgan fingerprint density at radius 3 is 2.21 bits per heavy atom. The van der Waals surface area contributed by atoms with Gasteiger partial charge in [0.25, 0.3) is 0 Å². The van der Waals surface area contributed by atoms with Crippen LogP contribution in [0, 0.1) is 11.3 Å². The third-order valence-corrected chi connectivity index (χ3v) is 5.67. The van der Waals surface area contributed by atoms with Crippen LogP contribution >= 0.6 is 0 Å². The fraction of sp³-hybridized carbons (Fsp3) is 0.375. The van der Waals surface area contributed by atoms with Crippen LogP contribution in [-0.2, 0) is 14.5 Å². The van der Waals surface area contributed by atoms with Crippen molar-refractivity contribution in [1.82, 2.24) is 0 Å². The van der Waals surface area contributed by atoms with Crippen molar-refractivity contribution >= 4 is 17.4 Å². The van der Waals surface area contributed by atoms with E-state index < -0.39 is 11.6 Å². The number of rotatable bonds is 4. The van der Waals surface area contributed by atoms with Crippen LogP contribution in [0.5, 0.6) is 0 Å². The summed E-state index contributed by atoms with van der Waals surface area (Å²) >= 11 is 0. The molecule has 1 aliphatic carbocycles. The van der Waals surface area contributed by atoms with Gasteiger partial charge in [-0.25, -0.2) is 4.79 Å². The molecule has 2 atom stereocenters. The van der Waals surface area contributed by atoms with E-state index in [1.54, 1.807) is 0 Å². The molecule has 1 heterocycles. The monoisotopic (exact) mass is 390 g/mol. The van der Waals surface area contributed by atoms with Crippen LogP contribution in [0.25, 0.3) is 0 Å². The third-order valence-electron chi connectivity index (χ3n) is 5.67. The van der Waals surface area contributed by atoms with Gasteiger partial charge in [0.2, 0.25) is 5.60 Å². The molecule has 0 amide bonds. The molecule has 2 aliphatic rings. The molecule has 29 heavy (non-hydrogen) atoms. The van der Waals surface area contributed by atoms with Gasteiger partial charge in [0.1, 0.15) is 5.71 Å². The maximum Gasteiger partial charge on any atom is 0.381 e. The van der Waals surface area contributed by atoms with Crippen molar-refractivity contribution in [1.29, 1.82) is 0 Å². The second kappa shape index (κ2) is 7.47. The molecule has 150 valence electrons. The summed E-state index contributed by atoms with van der Waals surface area (Å²) in [5, 5.41) is 8.58. The highest BCUT2D eigenvalue weighted by Crippen LogP contribution is 2.48. The molecule has 1 saturated carbocycles. The minimum absolute atomic E-state index is 0.0536. The smallest absolute Gasteiger partial charge is 0.376 e. The Labute approximate surface area is 171 Å². The lowest BCUT2D eigenvalue weighted by molar-refractivity contribution is -0.171. The van der Waals surface area contributed by atoms with Crippen LogP contribution in [0.2, 0.25) is 0 Å². The largest absolute Gasteiger partial charge is 0.381 e. The van der Waals surface area contributed by atoms with E-state index in [0.717, 1.165) is 29.7 Å². The van der Waals surface area contributed by atoms with E-state index in [4.69, 9.17) is 9.68 Å². The molecular formula is C24H26N2O3. The molecule has 0 radical (unpaired) electrons. The third kappa shape index (κ3) is 3.57. The summed E-state index contributed by atoms with van der Waals surface area (Å²) in [4.78, 5) is 24.4. The average molecular weight is 390 g/mol. The zero-order valence-corrected chi connectivity index (χ0v) is 17.1. The van der Waals surface area contributed by atoms with E-state index in [0.29, 0.717) is 12.1 Å². The summed E-state index contributed by atoms with van der Waals surface area (Å²) < 4.78 is 0. The van der Waals surface area contributed by atoms with Gasteiger partial charge in [-0.1, -0.05) is 91.7 Å². The van der Waals surface area contributed by atoms with E-state index in [1.807, 2.05) is 60.7 Å². The van der Waals surface area contributed by atoms with E-state index in [2.05, 4.69) is 31.1 Å². The van der Waals surface area contributed by atoms with Gasteiger partial charge in [0, 0.05) is 23.0 Å². The average Bonchev–Trinajstić information content (AvgIpc) is 3.29. The van der Waals surface area contributed by atoms with Crippen LogP contribution in [-0.4, -0.2) is 23.0 Å². The number of benzene rings is 2. The Morgan fingerprint density at radius 2 is 1.66 bits per heavy atom. The van der Waals surface area contributed by atoms with Gasteiger partial charge in [-0.05, 0) is 12.8 Å². The van der Waals surface area contributed by atoms with Crippen molar-refractivity contribution in [3.05, 3.63) is 71.8 Å². The van der Waals surface area contributed by atoms with Gasteiger partial charge in [-0.3, -0.25) is 0 Å². The fourth-order valence-corrected chi connectivity index (χ4v) is 4.21. The molecule has 5 heteroatoms. The predicted molar refractivity (Wildman–Crippen MR) is 113 cm³/mol. The molecule has 0 aromatic heterocycles. The minimum atomic E-state index is -1.05. The summed E-state index contributed by atoms with van der Waals surface area (Å²) in [6, 6.07) is 19.4. The lowest BCUT2D eigenvalue weighted by atomic mass is 9.76. The lowest BCUT2D eigenvalue weighted by Crippen LogP contribution is -2.45. The summed E-state index contributed by atoms with van der Waals surface area (Å²) in [5.74, 6) is -0.519. The second-order valence-electron chi connectivity index (χ2n) is 8.70. The first-order chi connectivity index (χ1) is 13.9. The number of hydrogen-bond acceptors (Lipinski definition) is 5. The Bertz CT molecular complexity index is 904. The highest BCUT2D eigenvalue weighted by molar-refractivity contribution is 6.12. The quantitative estimate of drug-likeness (QED) is 0.421. The molecule has 2 unspecified atom stereocenters. The molecular weight excluding hydrogens is 364 g/mol. The Morgan fingerprint density at radius 1 is 1.07 bits per heavy atom. The van der Waals surface area contributed by atoms with Crippen molar-refractivity contribution in [3.8, 4) is 0 Å². The molecule has 0 N–H and O–H groups in total. The van der Waals surface area contributed by atoms with Crippen molar-refractivity contribution in [2.45, 2.75) is 45.6 Å². The summed E-state index contributed by atoms with van der Waals surface area (Å²) in [6.07, 6.45) is 2.38. The molecule has 2 aromatic rings. The van der Waals surface area contributed by atoms with Gasteiger partial charge in [-0.2, -0.15) is 0 Å². The van der Waals surface area contributed by atoms with Crippen LogP contribution in [0.3, 0.4) is 0 Å². The van der Waals surface area contributed by atoms with Crippen LogP contribution in [0.4, 0.5) is 0 Å². The number of hydrogen-bond donors (Lipinski definition) is 0. The minimum Gasteiger partial charge on any atom is -0.376 e. The summed E-state index contributed by atoms with van der Waals surface area (Å²) in [7, 11) is 0.